The molecule has 0 aliphatic rings. The average molecular weight is 233 g/mol. The van der Waals surface area contributed by atoms with Gasteiger partial charge in [0.25, 0.3) is 5.69 Å². The minimum Gasteiger partial charge on any atom is -0.342 e. The van der Waals surface area contributed by atoms with Gasteiger partial charge in [-0.05, 0) is 25.9 Å². The van der Waals surface area contributed by atoms with Crippen molar-refractivity contribution in [3.8, 4) is 0 Å². The van der Waals surface area contributed by atoms with Gasteiger partial charge in [0.2, 0.25) is 7.41 Å². The lowest BCUT2D eigenvalue weighted by Gasteiger charge is -2.19. The van der Waals surface area contributed by atoms with Crippen LogP contribution in [0, 0.1) is 10.1 Å². The first-order valence-electron chi connectivity index (χ1n) is 6.00. The molecule has 1 rings (SSSR count). The van der Waals surface area contributed by atoms with E-state index >= 15 is 0 Å². The standard InChI is InChI=1S/C12H18BN2O2/c1-3-9-14(10-4-2)13-11-5-7-12(8-6-11)15(16)17/h5-8H,3-4,9-10H2,1-2H3. The number of benzene rings is 1. The van der Waals surface area contributed by atoms with E-state index in [1.54, 1.807) is 24.3 Å². The Morgan fingerprint density at radius 3 is 2.12 bits per heavy atom. The first-order valence-corrected chi connectivity index (χ1v) is 6.00. The molecule has 0 unspecified atom stereocenters. The van der Waals surface area contributed by atoms with Crippen molar-refractivity contribution in [2.45, 2.75) is 26.7 Å². The molecular formula is C12H18BN2O2. The van der Waals surface area contributed by atoms with E-state index in [-0.39, 0.29) is 10.6 Å². The van der Waals surface area contributed by atoms with Crippen molar-refractivity contribution in [1.82, 2.24) is 4.81 Å². The van der Waals surface area contributed by atoms with Crippen LogP contribution in [0.25, 0.3) is 0 Å². The van der Waals surface area contributed by atoms with Gasteiger partial charge in [0.05, 0.1) is 4.92 Å². The zero-order valence-corrected chi connectivity index (χ0v) is 10.4. The fourth-order valence-corrected chi connectivity index (χ4v) is 1.71. The Balaban J connectivity index is 2.62. The third kappa shape index (κ3) is 4.57. The fraction of sp³-hybridized carbons (Fsp3) is 0.500. The molecule has 91 valence electrons. The van der Waals surface area contributed by atoms with Gasteiger partial charge in [-0.2, -0.15) is 0 Å². The number of nitrogens with zero attached hydrogens (tertiary/aromatic N) is 2. The molecule has 1 aromatic rings. The Kier molecular flexibility index (Phi) is 5.70. The molecule has 17 heavy (non-hydrogen) atoms. The van der Waals surface area contributed by atoms with Gasteiger partial charge in [-0.1, -0.05) is 31.4 Å². The summed E-state index contributed by atoms with van der Waals surface area (Å²) in [6.45, 7) is 6.33. The summed E-state index contributed by atoms with van der Waals surface area (Å²) >= 11 is 0. The SMILES string of the molecule is CCCN([B]c1ccc([N+](=O)[O-])cc1)CCC. The number of hydrogen-bond acceptors (Lipinski definition) is 3. The quantitative estimate of drug-likeness (QED) is 0.411. The van der Waals surface area contributed by atoms with Gasteiger partial charge in [0.1, 0.15) is 0 Å². The van der Waals surface area contributed by atoms with Gasteiger partial charge in [0, 0.05) is 12.1 Å². The second-order valence-electron chi connectivity index (χ2n) is 4.01. The minimum atomic E-state index is -0.375. The van der Waals surface area contributed by atoms with Gasteiger partial charge in [-0.3, -0.25) is 10.1 Å². The van der Waals surface area contributed by atoms with Crippen LogP contribution < -0.4 is 5.46 Å². The molecule has 0 fully saturated rings. The molecular weight excluding hydrogens is 215 g/mol. The zero-order chi connectivity index (χ0) is 12.7. The van der Waals surface area contributed by atoms with Crippen molar-refractivity contribution in [2.75, 3.05) is 13.1 Å². The van der Waals surface area contributed by atoms with Crippen molar-refractivity contribution < 1.29 is 4.92 Å². The van der Waals surface area contributed by atoms with Gasteiger partial charge < -0.3 is 4.81 Å². The van der Waals surface area contributed by atoms with Crippen molar-refractivity contribution in [1.29, 1.82) is 0 Å². The lowest BCUT2D eigenvalue weighted by atomic mass is 9.80. The molecule has 0 aliphatic heterocycles. The molecule has 0 aromatic heterocycles. The Bertz CT molecular complexity index is 348. The van der Waals surface area contributed by atoms with E-state index in [0.717, 1.165) is 31.4 Å². The predicted octanol–water partition coefficient (Wildman–Crippen LogP) is 1.96. The summed E-state index contributed by atoms with van der Waals surface area (Å²) in [6.07, 6.45) is 2.20. The normalized spacial score (nSPS) is 10.5. The van der Waals surface area contributed by atoms with E-state index in [1.807, 2.05) is 0 Å². The lowest BCUT2D eigenvalue weighted by Crippen LogP contribution is -2.37. The Hall–Kier alpha value is -1.36. The minimum absolute atomic E-state index is 0.139. The Morgan fingerprint density at radius 1 is 1.18 bits per heavy atom. The first-order chi connectivity index (χ1) is 8.17. The summed E-state index contributed by atoms with van der Waals surface area (Å²) in [5.41, 5.74) is 1.15. The summed E-state index contributed by atoms with van der Waals surface area (Å²) < 4.78 is 0. The van der Waals surface area contributed by atoms with Crippen molar-refractivity contribution >= 4 is 18.6 Å². The predicted molar refractivity (Wildman–Crippen MR) is 70.6 cm³/mol. The van der Waals surface area contributed by atoms with Gasteiger partial charge >= 0.3 is 0 Å². The van der Waals surface area contributed by atoms with Crippen LogP contribution in [0.3, 0.4) is 0 Å². The molecule has 0 aliphatic carbocycles. The van der Waals surface area contributed by atoms with E-state index in [9.17, 15) is 10.1 Å². The summed E-state index contributed by atoms with van der Waals surface area (Å²) in [5.74, 6) is 0. The molecule has 0 spiro atoms. The zero-order valence-electron chi connectivity index (χ0n) is 10.4. The number of rotatable bonds is 7. The van der Waals surface area contributed by atoms with Crippen LogP contribution >= 0.6 is 0 Å². The van der Waals surface area contributed by atoms with Gasteiger partial charge in [0.15, 0.2) is 0 Å². The molecule has 5 heteroatoms. The molecule has 0 heterocycles. The highest BCUT2D eigenvalue weighted by atomic mass is 16.6. The lowest BCUT2D eigenvalue weighted by molar-refractivity contribution is -0.384. The summed E-state index contributed by atoms with van der Waals surface area (Å²) in [7, 11) is 2.07. The van der Waals surface area contributed by atoms with Crippen LogP contribution in [0.4, 0.5) is 5.69 Å². The highest BCUT2D eigenvalue weighted by Gasteiger charge is 2.08. The van der Waals surface area contributed by atoms with Crippen LogP contribution in [-0.2, 0) is 0 Å². The molecule has 1 aromatic carbocycles. The Labute approximate surface area is 103 Å². The van der Waals surface area contributed by atoms with E-state index in [4.69, 9.17) is 0 Å². The monoisotopic (exact) mass is 233 g/mol. The van der Waals surface area contributed by atoms with E-state index in [1.165, 1.54) is 0 Å². The maximum Gasteiger partial charge on any atom is 0.269 e. The third-order valence-corrected chi connectivity index (χ3v) is 2.46. The second-order valence-corrected chi connectivity index (χ2v) is 4.01. The number of hydrogen-bond donors (Lipinski definition) is 0. The fourth-order valence-electron chi connectivity index (χ4n) is 1.71. The second kappa shape index (κ2) is 7.07. The number of nitro benzene ring substituents is 1. The maximum absolute atomic E-state index is 10.5. The third-order valence-electron chi connectivity index (χ3n) is 2.46. The average Bonchev–Trinajstić information content (AvgIpc) is 2.30. The van der Waals surface area contributed by atoms with Crippen LogP contribution in [0.15, 0.2) is 24.3 Å². The smallest absolute Gasteiger partial charge is 0.269 e. The summed E-state index contributed by atoms with van der Waals surface area (Å²) in [6, 6.07) is 6.66. The van der Waals surface area contributed by atoms with Crippen molar-refractivity contribution in [3.63, 3.8) is 0 Å². The molecule has 0 N–H and O–H groups in total. The van der Waals surface area contributed by atoms with E-state index in [2.05, 4.69) is 26.1 Å². The molecule has 0 saturated carbocycles. The molecule has 0 amide bonds. The first kappa shape index (κ1) is 13.7. The summed E-state index contributed by atoms with van der Waals surface area (Å²) in [4.78, 5) is 12.4. The summed E-state index contributed by atoms with van der Waals surface area (Å²) in [5, 5.41) is 10.5. The van der Waals surface area contributed by atoms with Crippen LogP contribution in [0.5, 0.6) is 0 Å². The van der Waals surface area contributed by atoms with Crippen molar-refractivity contribution in [2.24, 2.45) is 0 Å². The van der Waals surface area contributed by atoms with Crippen LogP contribution in [0.1, 0.15) is 26.7 Å². The Morgan fingerprint density at radius 2 is 1.71 bits per heavy atom. The van der Waals surface area contributed by atoms with Crippen LogP contribution in [0.2, 0.25) is 0 Å². The maximum atomic E-state index is 10.5. The molecule has 4 nitrogen and oxygen atoms in total. The molecule has 0 saturated heterocycles. The van der Waals surface area contributed by atoms with E-state index < -0.39 is 0 Å². The van der Waals surface area contributed by atoms with Gasteiger partial charge in [-0.25, -0.2) is 0 Å². The van der Waals surface area contributed by atoms with E-state index in [0.29, 0.717) is 0 Å². The highest BCUT2D eigenvalue weighted by Crippen LogP contribution is 2.06. The number of non-ortho nitro benzene ring substituents is 1. The number of nitro groups is 1. The molecule has 0 bridgehead atoms. The topological polar surface area (TPSA) is 46.4 Å². The molecule has 0 atom stereocenters. The largest absolute Gasteiger partial charge is 0.342 e. The molecule has 1 radical (unpaired) electrons. The van der Waals surface area contributed by atoms with Gasteiger partial charge in [-0.15, -0.1) is 0 Å². The van der Waals surface area contributed by atoms with Crippen molar-refractivity contribution in [3.05, 3.63) is 34.4 Å². The highest BCUT2D eigenvalue weighted by molar-refractivity contribution is 6.50. The van der Waals surface area contributed by atoms with Crippen LogP contribution in [-0.4, -0.2) is 30.2 Å².